The average molecular weight is 541 g/mol. The van der Waals surface area contributed by atoms with Crippen molar-refractivity contribution in [2.45, 2.75) is 31.9 Å². The maximum absolute atomic E-state index is 13.8. The van der Waals surface area contributed by atoms with Crippen molar-refractivity contribution < 1.29 is 23.9 Å². The monoisotopic (exact) mass is 540 g/mol. The maximum atomic E-state index is 13.8. The Bertz CT molecular complexity index is 1320. The second-order valence-electron chi connectivity index (χ2n) is 8.88. The summed E-state index contributed by atoms with van der Waals surface area (Å²) < 4.78 is 11.5. The molecular weight excluding hydrogens is 515 g/mol. The number of benzene rings is 3. The molecule has 0 N–H and O–H groups in total. The van der Waals surface area contributed by atoms with Crippen molar-refractivity contribution in [1.82, 2.24) is 0 Å². The van der Waals surface area contributed by atoms with Gasteiger partial charge in [-0.2, -0.15) is 0 Å². The van der Waals surface area contributed by atoms with E-state index in [1.807, 2.05) is 48.5 Å². The molecule has 0 aliphatic carbocycles. The molecule has 5 rings (SSSR count). The van der Waals surface area contributed by atoms with Crippen LogP contribution in [0, 0.1) is 5.92 Å². The summed E-state index contributed by atoms with van der Waals surface area (Å²) in [7, 11) is 1.57. The van der Waals surface area contributed by atoms with E-state index in [1.165, 1.54) is 6.07 Å². The normalized spacial score (nSPS) is 20.9. The first-order valence-electron chi connectivity index (χ1n) is 12.1. The van der Waals surface area contributed by atoms with E-state index >= 15 is 0 Å². The number of imide groups is 1. The van der Waals surface area contributed by atoms with Gasteiger partial charge in [-0.25, -0.2) is 9.96 Å². The Hall–Kier alpha value is -3.26. The number of carbonyl (C=O) groups excluding carboxylic acids is 2. The van der Waals surface area contributed by atoms with Crippen molar-refractivity contribution >= 4 is 46.4 Å². The number of amides is 2. The van der Waals surface area contributed by atoms with Crippen LogP contribution in [0.1, 0.15) is 31.4 Å². The zero-order chi connectivity index (χ0) is 26.1. The fourth-order valence-electron chi connectivity index (χ4n) is 4.74. The lowest BCUT2D eigenvalue weighted by atomic mass is 9.90. The Kier molecular flexibility index (Phi) is 7.29. The first-order chi connectivity index (χ1) is 17.9. The maximum Gasteiger partial charge on any atom is 0.266 e. The van der Waals surface area contributed by atoms with Gasteiger partial charge < -0.3 is 9.47 Å². The number of ether oxygens (including phenoxy) is 2. The molecule has 3 atom stereocenters. The van der Waals surface area contributed by atoms with Crippen molar-refractivity contribution in [2.75, 3.05) is 23.7 Å². The molecule has 0 spiro atoms. The van der Waals surface area contributed by atoms with Gasteiger partial charge in [-0.3, -0.25) is 14.4 Å². The van der Waals surface area contributed by atoms with Crippen LogP contribution >= 0.6 is 23.2 Å². The molecule has 192 valence electrons. The summed E-state index contributed by atoms with van der Waals surface area (Å²) in [6.45, 7) is 2.67. The molecule has 2 aliphatic rings. The first kappa shape index (κ1) is 25.4. The summed E-state index contributed by atoms with van der Waals surface area (Å²) >= 11 is 12.2. The number of unbranched alkanes of at least 4 members (excludes halogenated alkanes) is 1. The van der Waals surface area contributed by atoms with E-state index in [4.69, 9.17) is 37.5 Å². The lowest BCUT2D eigenvalue weighted by Crippen LogP contribution is -2.37. The zero-order valence-electron chi connectivity index (χ0n) is 20.4. The number of halogens is 2. The third-order valence-corrected chi connectivity index (χ3v) is 7.31. The highest BCUT2D eigenvalue weighted by atomic mass is 35.5. The van der Waals surface area contributed by atoms with Crippen LogP contribution in [0.4, 0.5) is 11.4 Å². The molecule has 2 saturated heterocycles. The number of methoxy groups -OCH3 is 1. The van der Waals surface area contributed by atoms with Crippen LogP contribution in [0.25, 0.3) is 0 Å². The third-order valence-electron chi connectivity index (χ3n) is 6.57. The van der Waals surface area contributed by atoms with Crippen molar-refractivity contribution in [1.29, 1.82) is 0 Å². The van der Waals surface area contributed by atoms with Crippen LogP contribution in [-0.2, 0) is 14.4 Å². The molecule has 3 aromatic rings. The van der Waals surface area contributed by atoms with Gasteiger partial charge in [-0.05, 0) is 54.4 Å². The van der Waals surface area contributed by atoms with Crippen molar-refractivity contribution in [3.8, 4) is 11.5 Å². The molecule has 0 aromatic heterocycles. The van der Waals surface area contributed by atoms with Gasteiger partial charge in [0.2, 0.25) is 5.91 Å². The SMILES string of the molecule is CCCCOc1ccc([C@H]2[C@@H]3C(=O)N(c4ccc(Cl)c(Cl)c4)C(=O)[C@H]3ON2c2ccccc2)cc1OC. The number of anilines is 2. The van der Waals surface area contributed by atoms with E-state index in [2.05, 4.69) is 6.92 Å². The van der Waals surface area contributed by atoms with Crippen LogP contribution in [0.5, 0.6) is 11.5 Å². The van der Waals surface area contributed by atoms with Gasteiger partial charge in [0.05, 0.1) is 41.2 Å². The molecular formula is C28H26Cl2N2O5. The summed E-state index contributed by atoms with van der Waals surface area (Å²) in [6, 6.07) is 19.0. The highest BCUT2D eigenvalue weighted by molar-refractivity contribution is 6.42. The van der Waals surface area contributed by atoms with Crippen LogP contribution in [0.15, 0.2) is 66.7 Å². The predicted octanol–water partition coefficient (Wildman–Crippen LogP) is 6.23. The smallest absolute Gasteiger partial charge is 0.266 e. The fraction of sp³-hybridized carbons (Fsp3) is 0.286. The van der Waals surface area contributed by atoms with Gasteiger partial charge in [0.25, 0.3) is 5.91 Å². The molecule has 0 radical (unpaired) electrons. The molecule has 0 unspecified atom stereocenters. The highest BCUT2D eigenvalue weighted by Gasteiger charge is 2.60. The second-order valence-corrected chi connectivity index (χ2v) is 9.69. The van der Waals surface area contributed by atoms with Crippen molar-refractivity contribution in [3.63, 3.8) is 0 Å². The summed E-state index contributed by atoms with van der Waals surface area (Å²) in [6.07, 6.45) is 0.938. The number of carbonyl (C=O) groups is 2. The minimum absolute atomic E-state index is 0.253. The Labute approximate surface area is 225 Å². The summed E-state index contributed by atoms with van der Waals surface area (Å²) in [5, 5.41) is 2.23. The zero-order valence-corrected chi connectivity index (χ0v) is 21.9. The largest absolute Gasteiger partial charge is 0.493 e. The summed E-state index contributed by atoms with van der Waals surface area (Å²) in [5.41, 5.74) is 1.84. The fourth-order valence-corrected chi connectivity index (χ4v) is 5.04. The van der Waals surface area contributed by atoms with Gasteiger partial charge in [0, 0.05) is 0 Å². The minimum atomic E-state index is -1.00. The van der Waals surface area contributed by atoms with E-state index in [0.29, 0.717) is 28.8 Å². The topological polar surface area (TPSA) is 68.3 Å². The van der Waals surface area contributed by atoms with Crippen molar-refractivity contribution in [3.05, 3.63) is 82.3 Å². The van der Waals surface area contributed by atoms with E-state index in [-0.39, 0.29) is 10.9 Å². The second kappa shape index (κ2) is 10.6. The molecule has 37 heavy (non-hydrogen) atoms. The van der Waals surface area contributed by atoms with Crippen LogP contribution in [0.2, 0.25) is 10.0 Å². The Morgan fingerprint density at radius 1 is 0.892 bits per heavy atom. The number of hydroxylamine groups is 1. The molecule has 3 aromatic carbocycles. The van der Waals surface area contributed by atoms with Gasteiger partial charge in [-0.15, -0.1) is 0 Å². The Balaban J connectivity index is 1.55. The number of para-hydroxylation sites is 1. The van der Waals surface area contributed by atoms with E-state index in [1.54, 1.807) is 24.3 Å². The summed E-state index contributed by atoms with van der Waals surface area (Å²) in [4.78, 5) is 34.7. The van der Waals surface area contributed by atoms with E-state index < -0.39 is 24.0 Å². The average Bonchev–Trinajstić information content (AvgIpc) is 3.42. The molecule has 7 nitrogen and oxygen atoms in total. The predicted molar refractivity (Wildman–Crippen MR) is 142 cm³/mol. The van der Waals surface area contributed by atoms with E-state index in [0.717, 1.165) is 29.0 Å². The number of nitrogens with zero attached hydrogens (tertiary/aromatic N) is 2. The van der Waals surface area contributed by atoms with Gasteiger partial charge in [0.15, 0.2) is 17.6 Å². The standard InChI is InChI=1S/C28H26Cl2N2O5/c1-3-4-14-36-22-13-10-17(15-23(22)35-2)25-24-26(37-32(25)18-8-6-5-7-9-18)28(34)31(27(24)33)19-11-12-20(29)21(30)16-19/h5-13,15-16,24-26H,3-4,14H2,1-2H3/t24-,25-,26-/m0/s1. The lowest BCUT2D eigenvalue weighted by Gasteiger charge is -2.29. The lowest BCUT2D eigenvalue weighted by molar-refractivity contribution is -0.126. The number of hydrogen-bond donors (Lipinski definition) is 0. The molecule has 2 heterocycles. The molecule has 2 fully saturated rings. The van der Waals surface area contributed by atoms with Crippen LogP contribution in [-0.4, -0.2) is 31.6 Å². The Morgan fingerprint density at radius 2 is 1.68 bits per heavy atom. The van der Waals surface area contributed by atoms with E-state index in [9.17, 15) is 9.59 Å². The molecule has 0 saturated carbocycles. The van der Waals surface area contributed by atoms with Crippen LogP contribution in [0.3, 0.4) is 0 Å². The van der Waals surface area contributed by atoms with Crippen molar-refractivity contribution in [2.24, 2.45) is 5.92 Å². The molecule has 2 aliphatic heterocycles. The quantitative estimate of drug-likeness (QED) is 0.249. The molecule has 2 amide bonds. The Morgan fingerprint density at radius 3 is 2.38 bits per heavy atom. The number of hydrogen-bond acceptors (Lipinski definition) is 6. The summed E-state index contributed by atoms with van der Waals surface area (Å²) in [5.74, 6) is -0.461. The highest BCUT2D eigenvalue weighted by Crippen LogP contribution is 2.49. The van der Waals surface area contributed by atoms with Gasteiger partial charge in [-0.1, -0.05) is 60.8 Å². The number of fused-ring (bicyclic) bond motifs is 1. The third kappa shape index (κ3) is 4.63. The number of rotatable bonds is 8. The minimum Gasteiger partial charge on any atom is -0.493 e. The molecule has 0 bridgehead atoms. The van der Waals surface area contributed by atoms with Crippen LogP contribution < -0.4 is 19.4 Å². The first-order valence-corrected chi connectivity index (χ1v) is 12.8. The van der Waals surface area contributed by atoms with Gasteiger partial charge in [0.1, 0.15) is 5.92 Å². The molecule has 9 heteroatoms. The van der Waals surface area contributed by atoms with Gasteiger partial charge >= 0.3 is 0 Å².